The number of methoxy groups -OCH3 is 1. The number of nitrogens with zero attached hydrogens (tertiary/aromatic N) is 1. The summed E-state index contributed by atoms with van der Waals surface area (Å²) in [6, 6.07) is 6.99. The molecule has 0 unspecified atom stereocenters. The van der Waals surface area contributed by atoms with Crippen molar-refractivity contribution in [1.82, 2.24) is 4.57 Å². The summed E-state index contributed by atoms with van der Waals surface area (Å²) in [4.78, 5) is 12.5. The van der Waals surface area contributed by atoms with Gasteiger partial charge in [0.15, 0.2) is 6.61 Å². The monoisotopic (exact) mass is 369 g/mol. The number of ketones is 1. The molecule has 0 saturated carbocycles. The Morgan fingerprint density at radius 3 is 2.71 bits per heavy atom. The van der Waals surface area contributed by atoms with E-state index in [1.165, 1.54) is 0 Å². The van der Waals surface area contributed by atoms with Gasteiger partial charge in [-0.1, -0.05) is 29.3 Å². The highest BCUT2D eigenvalue weighted by Crippen LogP contribution is 2.31. The Morgan fingerprint density at radius 1 is 1.25 bits per heavy atom. The first-order valence-electron chi connectivity index (χ1n) is 7.71. The molecule has 0 fully saturated rings. The molecule has 1 heterocycles. The number of aryl methyl sites for hydroxylation is 1. The summed E-state index contributed by atoms with van der Waals surface area (Å²) in [5.41, 5.74) is 2.66. The maximum absolute atomic E-state index is 12.5. The van der Waals surface area contributed by atoms with Gasteiger partial charge in [0, 0.05) is 37.2 Å². The number of hydrogen-bond acceptors (Lipinski definition) is 3. The van der Waals surface area contributed by atoms with Crippen LogP contribution in [0.1, 0.15) is 28.2 Å². The lowest BCUT2D eigenvalue weighted by Crippen LogP contribution is -2.13. The van der Waals surface area contributed by atoms with Crippen LogP contribution >= 0.6 is 23.2 Å². The van der Waals surface area contributed by atoms with Gasteiger partial charge in [0.05, 0.1) is 5.02 Å². The molecule has 0 amide bonds. The van der Waals surface area contributed by atoms with E-state index >= 15 is 0 Å². The van der Waals surface area contributed by atoms with Crippen molar-refractivity contribution in [2.24, 2.45) is 0 Å². The summed E-state index contributed by atoms with van der Waals surface area (Å²) < 4.78 is 12.7. The first-order chi connectivity index (χ1) is 11.5. The van der Waals surface area contributed by atoms with Crippen molar-refractivity contribution >= 4 is 29.0 Å². The van der Waals surface area contributed by atoms with Gasteiger partial charge >= 0.3 is 0 Å². The molecule has 6 heteroatoms. The second kappa shape index (κ2) is 8.56. The zero-order valence-corrected chi connectivity index (χ0v) is 15.6. The molecule has 1 aromatic heterocycles. The number of rotatable bonds is 8. The Kier molecular flexibility index (Phi) is 6.72. The van der Waals surface area contributed by atoms with Crippen LogP contribution in [0.3, 0.4) is 0 Å². The molecule has 0 spiro atoms. The molecule has 2 aromatic rings. The van der Waals surface area contributed by atoms with Crippen LogP contribution in [0.5, 0.6) is 5.75 Å². The van der Waals surface area contributed by atoms with E-state index in [9.17, 15) is 4.79 Å². The molecule has 0 atom stereocenters. The van der Waals surface area contributed by atoms with Gasteiger partial charge in [0.1, 0.15) is 10.8 Å². The van der Waals surface area contributed by atoms with Gasteiger partial charge in [-0.15, -0.1) is 0 Å². The molecule has 24 heavy (non-hydrogen) atoms. The van der Waals surface area contributed by atoms with Crippen LogP contribution in [0.2, 0.25) is 10.0 Å². The lowest BCUT2D eigenvalue weighted by Gasteiger charge is -2.10. The first kappa shape index (κ1) is 18.8. The lowest BCUT2D eigenvalue weighted by molar-refractivity contribution is 0.0921. The first-order valence-corrected chi connectivity index (χ1v) is 8.47. The van der Waals surface area contributed by atoms with Crippen molar-refractivity contribution < 1.29 is 14.3 Å². The fraction of sp³-hybridized carbons (Fsp3) is 0.389. The molecule has 0 N–H and O–H groups in total. The van der Waals surface area contributed by atoms with E-state index in [1.54, 1.807) is 25.3 Å². The minimum absolute atomic E-state index is 0.0809. The third kappa shape index (κ3) is 4.32. The SMILES string of the molecule is COCCCn1c(C)cc(C(=O)COc2cccc(Cl)c2Cl)c1C. The molecule has 0 aliphatic rings. The molecule has 0 aliphatic heterocycles. The van der Waals surface area contributed by atoms with Gasteiger partial charge in [0.25, 0.3) is 0 Å². The van der Waals surface area contributed by atoms with E-state index in [1.807, 2.05) is 19.9 Å². The minimum atomic E-state index is -0.0860. The van der Waals surface area contributed by atoms with Crippen LogP contribution in [0.25, 0.3) is 0 Å². The zero-order chi connectivity index (χ0) is 17.7. The van der Waals surface area contributed by atoms with Crippen LogP contribution in [-0.4, -0.2) is 30.7 Å². The highest BCUT2D eigenvalue weighted by atomic mass is 35.5. The average molecular weight is 370 g/mol. The van der Waals surface area contributed by atoms with Gasteiger partial charge in [-0.3, -0.25) is 4.79 Å². The number of halogens is 2. The molecule has 0 bridgehead atoms. The topological polar surface area (TPSA) is 40.5 Å². The third-order valence-electron chi connectivity index (χ3n) is 3.88. The molecule has 0 saturated heterocycles. The van der Waals surface area contributed by atoms with E-state index in [4.69, 9.17) is 32.7 Å². The number of benzene rings is 1. The van der Waals surface area contributed by atoms with Crippen molar-refractivity contribution in [3.63, 3.8) is 0 Å². The van der Waals surface area contributed by atoms with Gasteiger partial charge in [-0.2, -0.15) is 0 Å². The summed E-state index contributed by atoms with van der Waals surface area (Å²) in [6.45, 7) is 5.36. The highest BCUT2D eigenvalue weighted by molar-refractivity contribution is 6.42. The van der Waals surface area contributed by atoms with Crippen molar-refractivity contribution in [2.45, 2.75) is 26.8 Å². The Bertz CT molecular complexity index is 725. The quantitative estimate of drug-likeness (QED) is 0.499. The summed E-state index contributed by atoms with van der Waals surface area (Å²) in [5, 5.41) is 0.718. The Labute approximate surface area is 152 Å². The molecule has 0 aliphatic carbocycles. The van der Waals surface area contributed by atoms with E-state index in [-0.39, 0.29) is 12.4 Å². The normalized spacial score (nSPS) is 10.9. The van der Waals surface area contributed by atoms with Crippen LogP contribution in [0.4, 0.5) is 0 Å². The van der Waals surface area contributed by atoms with Gasteiger partial charge in [-0.25, -0.2) is 0 Å². The Hall–Kier alpha value is -1.49. The van der Waals surface area contributed by atoms with Crippen molar-refractivity contribution in [3.05, 3.63) is 51.3 Å². The standard InChI is InChI=1S/C18H21Cl2NO3/c1-12-10-14(13(2)21(12)8-5-9-23-3)16(22)11-24-17-7-4-6-15(19)18(17)20/h4,6-7,10H,5,8-9,11H2,1-3H3. The molecule has 4 nitrogen and oxygen atoms in total. The average Bonchev–Trinajstić information content (AvgIpc) is 2.84. The number of carbonyl (C=O) groups excluding carboxylic acids is 1. The van der Waals surface area contributed by atoms with Crippen LogP contribution in [-0.2, 0) is 11.3 Å². The van der Waals surface area contributed by atoms with E-state index in [0.717, 1.165) is 24.4 Å². The van der Waals surface area contributed by atoms with Crippen molar-refractivity contribution in [1.29, 1.82) is 0 Å². The van der Waals surface area contributed by atoms with Gasteiger partial charge in [-0.05, 0) is 38.5 Å². The fourth-order valence-electron chi connectivity index (χ4n) is 2.61. The second-order valence-electron chi connectivity index (χ2n) is 5.55. The maximum atomic E-state index is 12.5. The number of Topliss-reactive ketones (excluding diaryl/α,β-unsaturated/α-hetero) is 1. The largest absolute Gasteiger partial charge is 0.484 e. The lowest BCUT2D eigenvalue weighted by atomic mass is 10.1. The number of aromatic nitrogens is 1. The van der Waals surface area contributed by atoms with Crippen molar-refractivity contribution in [2.75, 3.05) is 20.3 Å². The Balaban J connectivity index is 2.07. The van der Waals surface area contributed by atoms with Crippen molar-refractivity contribution in [3.8, 4) is 5.75 Å². The molecule has 2 rings (SSSR count). The van der Waals surface area contributed by atoms with E-state index in [2.05, 4.69) is 4.57 Å². The second-order valence-corrected chi connectivity index (χ2v) is 6.33. The van der Waals surface area contributed by atoms with Crippen LogP contribution < -0.4 is 4.74 Å². The number of ether oxygens (including phenoxy) is 2. The molecule has 130 valence electrons. The van der Waals surface area contributed by atoms with Crippen LogP contribution in [0, 0.1) is 13.8 Å². The number of hydrogen-bond donors (Lipinski definition) is 0. The van der Waals surface area contributed by atoms with Gasteiger partial charge < -0.3 is 14.0 Å². The van der Waals surface area contributed by atoms with E-state index < -0.39 is 0 Å². The smallest absolute Gasteiger partial charge is 0.202 e. The zero-order valence-electron chi connectivity index (χ0n) is 14.1. The van der Waals surface area contributed by atoms with E-state index in [0.29, 0.717) is 28.0 Å². The molecule has 0 radical (unpaired) electrons. The Morgan fingerprint density at radius 2 is 2.00 bits per heavy atom. The minimum Gasteiger partial charge on any atom is -0.484 e. The summed E-state index contributed by atoms with van der Waals surface area (Å²) in [7, 11) is 1.68. The molecular weight excluding hydrogens is 349 g/mol. The third-order valence-corrected chi connectivity index (χ3v) is 4.68. The fourth-order valence-corrected chi connectivity index (χ4v) is 2.96. The predicted octanol–water partition coefficient (Wildman–Crippen LogP) is 4.71. The summed E-state index contributed by atoms with van der Waals surface area (Å²) >= 11 is 12.0. The molecular formula is C18H21Cl2NO3. The summed E-state index contributed by atoms with van der Waals surface area (Å²) in [6.07, 6.45) is 0.898. The molecule has 1 aromatic carbocycles. The highest BCUT2D eigenvalue weighted by Gasteiger charge is 2.17. The summed E-state index contributed by atoms with van der Waals surface area (Å²) in [5.74, 6) is 0.323. The van der Waals surface area contributed by atoms with Gasteiger partial charge in [0.2, 0.25) is 5.78 Å². The predicted molar refractivity (Wildman–Crippen MR) is 96.7 cm³/mol. The maximum Gasteiger partial charge on any atom is 0.202 e. The van der Waals surface area contributed by atoms with Crippen LogP contribution in [0.15, 0.2) is 24.3 Å². The number of carbonyl (C=O) groups is 1.